The van der Waals surface area contributed by atoms with Crippen LogP contribution < -0.4 is 10.5 Å². The first-order valence-electron chi connectivity index (χ1n) is 6.34. The molecule has 0 radical (unpaired) electrons. The second-order valence-corrected chi connectivity index (χ2v) is 7.96. The van der Waals surface area contributed by atoms with Gasteiger partial charge in [0.25, 0.3) is 10.0 Å². The molecule has 1 aromatic heterocycles. The van der Waals surface area contributed by atoms with Gasteiger partial charge in [-0.05, 0) is 25.0 Å². The molecule has 1 fully saturated rings. The summed E-state index contributed by atoms with van der Waals surface area (Å²) in [5, 5.41) is 0.612. The van der Waals surface area contributed by atoms with Crippen molar-refractivity contribution in [2.75, 3.05) is 11.5 Å². The van der Waals surface area contributed by atoms with E-state index in [1.165, 1.54) is 10.9 Å². The summed E-state index contributed by atoms with van der Waals surface area (Å²) in [4.78, 5) is 3.82. The summed E-state index contributed by atoms with van der Waals surface area (Å²) in [6.45, 7) is 2.12. The van der Waals surface area contributed by atoms with Gasteiger partial charge in [-0.25, -0.2) is 18.1 Å². The Morgan fingerprint density at radius 1 is 1.58 bits per heavy atom. The van der Waals surface area contributed by atoms with Gasteiger partial charge in [-0.2, -0.15) is 11.8 Å². The minimum Gasteiger partial charge on any atom is -0.381 e. The van der Waals surface area contributed by atoms with Crippen molar-refractivity contribution in [3.63, 3.8) is 0 Å². The number of rotatable bonds is 5. The molecule has 108 valence electrons. The average Bonchev–Trinajstić information content (AvgIpc) is 2.86. The lowest BCUT2D eigenvalue weighted by Crippen LogP contribution is -2.34. The molecule has 3 N–H and O–H groups in total. The number of aromatic nitrogens is 2. The highest BCUT2D eigenvalue weighted by Gasteiger charge is 2.31. The van der Waals surface area contributed by atoms with Gasteiger partial charge in [-0.15, -0.1) is 0 Å². The van der Waals surface area contributed by atoms with Crippen molar-refractivity contribution < 1.29 is 8.42 Å². The second kappa shape index (κ2) is 5.72. The van der Waals surface area contributed by atoms with Gasteiger partial charge >= 0.3 is 0 Å². The highest BCUT2D eigenvalue weighted by Crippen LogP contribution is 2.30. The van der Waals surface area contributed by atoms with E-state index in [4.69, 9.17) is 5.73 Å². The van der Waals surface area contributed by atoms with Gasteiger partial charge in [0.2, 0.25) is 0 Å². The molecule has 8 heteroatoms. The van der Waals surface area contributed by atoms with Crippen molar-refractivity contribution in [2.45, 2.75) is 42.5 Å². The number of hydrogen-bond donors (Lipinski definition) is 2. The maximum Gasteiger partial charge on any atom is 0.260 e. The minimum absolute atomic E-state index is 0.00310. The number of nitrogens with one attached hydrogen (secondary N) is 1. The van der Waals surface area contributed by atoms with Crippen LogP contribution in [0.1, 0.15) is 26.2 Å². The minimum atomic E-state index is -3.58. The zero-order valence-electron chi connectivity index (χ0n) is 11.2. The number of nitrogens with two attached hydrogens (primary N) is 1. The van der Waals surface area contributed by atoms with Gasteiger partial charge in [-0.1, -0.05) is 6.92 Å². The SMILES string of the molecule is CCSC1CCC(NS(=O)(=O)c2c(N)ncn2C)C1. The fraction of sp³-hybridized carbons (Fsp3) is 0.727. The molecule has 2 rings (SSSR count). The van der Waals surface area contributed by atoms with E-state index in [1.807, 2.05) is 11.8 Å². The first-order chi connectivity index (χ1) is 8.94. The van der Waals surface area contributed by atoms with E-state index < -0.39 is 10.0 Å². The number of aryl methyl sites for hydroxylation is 1. The van der Waals surface area contributed by atoms with Gasteiger partial charge in [0.05, 0.1) is 6.33 Å². The third-order valence-electron chi connectivity index (χ3n) is 3.27. The molecule has 1 aliphatic rings. The molecule has 1 aliphatic carbocycles. The Morgan fingerprint density at radius 2 is 2.32 bits per heavy atom. The highest BCUT2D eigenvalue weighted by atomic mass is 32.2. The van der Waals surface area contributed by atoms with Crippen molar-refractivity contribution in [1.82, 2.24) is 14.3 Å². The molecule has 0 bridgehead atoms. The molecule has 0 aliphatic heterocycles. The Kier molecular flexibility index (Phi) is 4.42. The molecule has 0 amide bonds. The van der Waals surface area contributed by atoms with Crippen molar-refractivity contribution >= 4 is 27.6 Å². The Bertz CT molecular complexity index is 521. The molecule has 0 aromatic carbocycles. The molecule has 1 aromatic rings. The van der Waals surface area contributed by atoms with Crippen molar-refractivity contribution in [3.05, 3.63) is 6.33 Å². The van der Waals surface area contributed by atoms with Crippen molar-refractivity contribution in [2.24, 2.45) is 7.05 Å². The normalized spacial score (nSPS) is 23.9. The third kappa shape index (κ3) is 3.24. The molecule has 6 nitrogen and oxygen atoms in total. The van der Waals surface area contributed by atoms with Gasteiger partial charge in [-0.3, -0.25) is 0 Å². The number of anilines is 1. The Hall–Kier alpha value is -0.730. The number of thioether (sulfide) groups is 1. The zero-order valence-corrected chi connectivity index (χ0v) is 12.8. The first kappa shape index (κ1) is 14.7. The predicted molar refractivity (Wildman–Crippen MR) is 77.5 cm³/mol. The number of imidazole rings is 1. The quantitative estimate of drug-likeness (QED) is 0.845. The summed E-state index contributed by atoms with van der Waals surface area (Å²) >= 11 is 1.90. The fourth-order valence-corrected chi connectivity index (χ4v) is 5.14. The van der Waals surface area contributed by atoms with Crippen LogP contribution >= 0.6 is 11.8 Å². The number of hydrogen-bond acceptors (Lipinski definition) is 5. The molecule has 19 heavy (non-hydrogen) atoms. The summed E-state index contributed by atoms with van der Waals surface area (Å²) in [5.41, 5.74) is 5.62. The number of nitrogen functional groups attached to an aromatic ring is 1. The zero-order chi connectivity index (χ0) is 14.0. The van der Waals surface area contributed by atoms with Crippen molar-refractivity contribution in [1.29, 1.82) is 0 Å². The molecule has 0 spiro atoms. The van der Waals surface area contributed by atoms with Crippen LogP contribution in [0.5, 0.6) is 0 Å². The van der Waals surface area contributed by atoms with Crippen LogP contribution in [0.4, 0.5) is 5.82 Å². The van der Waals surface area contributed by atoms with Gasteiger partial charge in [0.1, 0.15) is 0 Å². The van der Waals surface area contributed by atoms with E-state index >= 15 is 0 Å². The molecular weight excluding hydrogens is 284 g/mol. The Labute approximate surface area is 118 Å². The van der Waals surface area contributed by atoms with Gasteiger partial charge < -0.3 is 10.3 Å². The fourth-order valence-electron chi connectivity index (χ4n) is 2.47. The van der Waals surface area contributed by atoms with Crippen LogP contribution in [0.3, 0.4) is 0 Å². The van der Waals surface area contributed by atoms with Crippen LogP contribution in [0.2, 0.25) is 0 Å². The van der Waals surface area contributed by atoms with Crippen LogP contribution in [0, 0.1) is 0 Å². The maximum atomic E-state index is 12.3. The Morgan fingerprint density at radius 3 is 2.89 bits per heavy atom. The summed E-state index contributed by atoms with van der Waals surface area (Å²) < 4.78 is 28.8. The lowest BCUT2D eigenvalue weighted by molar-refractivity contribution is 0.544. The van der Waals surface area contributed by atoms with E-state index in [0.29, 0.717) is 5.25 Å². The summed E-state index contributed by atoms with van der Waals surface area (Å²) in [6, 6.07) is 0.00310. The summed E-state index contributed by atoms with van der Waals surface area (Å²) in [6.07, 6.45) is 4.24. The lowest BCUT2D eigenvalue weighted by Gasteiger charge is -2.14. The maximum absolute atomic E-state index is 12.3. The van der Waals surface area contributed by atoms with E-state index in [2.05, 4.69) is 16.6 Å². The highest BCUT2D eigenvalue weighted by molar-refractivity contribution is 7.99. The summed E-state index contributed by atoms with van der Waals surface area (Å²) in [5.74, 6) is 1.12. The molecule has 0 saturated heterocycles. The smallest absolute Gasteiger partial charge is 0.260 e. The molecule has 2 unspecified atom stereocenters. The van der Waals surface area contributed by atoms with E-state index in [-0.39, 0.29) is 16.9 Å². The largest absolute Gasteiger partial charge is 0.381 e. The van der Waals surface area contributed by atoms with Gasteiger partial charge in [0.15, 0.2) is 10.8 Å². The van der Waals surface area contributed by atoms with Crippen LogP contribution in [0.15, 0.2) is 11.4 Å². The van der Waals surface area contributed by atoms with Crippen LogP contribution in [-0.2, 0) is 17.1 Å². The number of nitrogens with zero attached hydrogens (tertiary/aromatic N) is 2. The lowest BCUT2D eigenvalue weighted by atomic mass is 10.3. The van der Waals surface area contributed by atoms with E-state index in [0.717, 1.165) is 25.0 Å². The monoisotopic (exact) mass is 304 g/mol. The van der Waals surface area contributed by atoms with Gasteiger partial charge in [0, 0.05) is 18.3 Å². The van der Waals surface area contributed by atoms with Crippen molar-refractivity contribution in [3.8, 4) is 0 Å². The summed E-state index contributed by atoms with van der Waals surface area (Å²) in [7, 11) is -1.96. The molecule has 1 saturated carbocycles. The van der Waals surface area contributed by atoms with Crippen LogP contribution in [-0.4, -0.2) is 35.0 Å². The van der Waals surface area contributed by atoms with E-state index in [9.17, 15) is 8.42 Å². The predicted octanol–water partition coefficient (Wildman–Crippen LogP) is 0.955. The van der Waals surface area contributed by atoms with Crippen LogP contribution in [0.25, 0.3) is 0 Å². The molecular formula is C11H20N4O2S2. The van der Waals surface area contributed by atoms with E-state index in [1.54, 1.807) is 7.05 Å². The first-order valence-corrected chi connectivity index (χ1v) is 8.88. The number of sulfonamides is 1. The second-order valence-electron chi connectivity index (χ2n) is 4.75. The molecule has 2 atom stereocenters. The molecule has 1 heterocycles. The Balaban J connectivity index is 2.07. The standard InChI is InChI=1S/C11H20N4O2S2/c1-3-18-9-5-4-8(6-9)14-19(16,17)11-10(12)13-7-15(11)2/h7-9,14H,3-6,12H2,1-2H3. The average molecular weight is 304 g/mol. The third-order valence-corrected chi connectivity index (χ3v) is 6.16. The topological polar surface area (TPSA) is 90.0 Å².